The number of aryl methyl sites for hydroxylation is 2. The van der Waals surface area contributed by atoms with Crippen molar-refractivity contribution in [1.29, 1.82) is 0 Å². The van der Waals surface area contributed by atoms with Crippen molar-refractivity contribution in [1.82, 2.24) is 4.90 Å². The summed E-state index contributed by atoms with van der Waals surface area (Å²) in [6, 6.07) is 8.71. The van der Waals surface area contributed by atoms with Gasteiger partial charge in [-0.2, -0.15) is 0 Å². The van der Waals surface area contributed by atoms with E-state index in [2.05, 4.69) is 10.3 Å². The molecule has 9 heteroatoms. The molecule has 6 nitrogen and oxygen atoms in total. The quantitative estimate of drug-likeness (QED) is 0.627. The van der Waals surface area contributed by atoms with Crippen molar-refractivity contribution >= 4 is 63.3 Å². The Morgan fingerprint density at radius 3 is 2.50 bits per heavy atom. The highest BCUT2D eigenvalue weighted by molar-refractivity contribution is 8.15. The van der Waals surface area contributed by atoms with Crippen LogP contribution in [0, 0.1) is 13.8 Å². The predicted molar refractivity (Wildman–Crippen MR) is 123 cm³/mol. The second kappa shape index (κ2) is 9.29. The van der Waals surface area contributed by atoms with Gasteiger partial charge in [-0.15, -0.1) is 0 Å². The molecule has 3 rings (SSSR count). The molecule has 0 unspecified atom stereocenters. The summed E-state index contributed by atoms with van der Waals surface area (Å²) in [6.07, 6.45) is 0.0312. The molecule has 0 spiro atoms. The number of thioether (sulfide) groups is 1. The molecule has 1 fully saturated rings. The van der Waals surface area contributed by atoms with E-state index in [-0.39, 0.29) is 34.0 Å². The normalized spacial score (nSPS) is 17.6. The summed E-state index contributed by atoms with van der Waals surface area (Å²) < 4.78 is 0. The van der Waals surface area contributed by atoms with E-state index in [1.807, 2.05) is 39.0 Å². The number of hydrogen-bond donors (Lipinski definition) is 2. The second-order valence-electron chi connectivity index (χ2n) is 6.91. The number of rotatable bonds is 5. The zero-order valence-electron chi connectivity index (χ0n) is 16.7. The van der Waals surface area contributed by atoms with Crippen molar-refractivity contribution in [3.63, 3.8) is 0 Å². The molecular weight excluding hydrogens is 445 g/mol. The lowest BCUT2D eigenvalue weighted by Crippen LogP contribution is -2.33. The summed E-state index contributed by atoms with van der Waals surface area (Å²) in [5, 5.41) is 12.6. The Morgan fingerprint density at radius 2 is 1.90 bits per heavy atom. The van der Waals surface area contributed by atoms with E-state index >= 15 is 0 Å². The Bertz CT molecular complexity index is 1020. The summed E-state index contributed by atoms with van der Waals surface area (Å²) in [5.41, 5.74) is 3.22. The Morgan fingerprint density at radius 1 is 1.23 bits per heavy atom. The number of halogens is 2. The van der Waals surface area contributed by atoms with Gasteiger partial charge in [-0.1, -0.05) is 52.7 Å². The number of nitrogens with one attached hydrogen (secondary N) is 1. The molecule has 2 N–H and O–H groups in total. The number of phenolic OH excluding ortho intramolecular Hbond substituents is 1. The fourth-order valence-corrected chi connectivity index (χ4v) is 4.76. The van der Waals surface area contributed by atoms with Crippen LogP contribution in [0.3, 0.4) is 0 Å². The number of carbonyl (C=O) groups excluding carboxylic acids is 2. The smallest absolute Gasteiger partial charge is 0.242 e. The first-order chi connectivity index (χ1) is 14.2. The van der Waals surface area contributed by atoms with Gasteiger partial charge in [-0.3, -0.25) is 14.5 Å². The minimum atomic E-state index is -0.572. The number of amidine groups is 1. The van der Waals surface area contributed by atoms with Crippen LogP contribution in [0.2, 0.25) is 10.0 Å². The molecule has 2 aromatic carbocycles. The van der Waals surface area contributed by atoms with Crippen LogP contribution >= 0.6 is 35.0 Å². The fourth-order valence-electron chi connectivity index (χ4n) is 3.07. The molecule has 1 heterocycles. The van der Waals surface area contributed by atoms with Crippen LogP contribution in [0.15, 0.2) is 35.3 Å². The van der Waals surface area contributed by atoms with Gasteiger partial charge in [0.2, 0.25) is 11.8 Å². The van der Waals surface area contributed by atoms with Crippen LogP contribution in [0.4, 0.5) is 11.4 Å². The Kier molecular flexibility index (Phi) is 6.95. The molecule has 30 heavy (non-hydrogen) atoms. The van der Waals surface area contributed by atoms with Gasteiger partial charge in [0.15, 0.2) is 10.9 Å². The lowest BCUT2D eigenvalue weighted by molar-refractivity contribution is -0.128. The Balaban J connectivity index is 1.76. The first kappa shape index (κ1) is 22.5. The van der Waals surface area contributed by atoms with E-state index in [0.29, 0.717) is 17.4 Å². The molecule has 0 aromatic heterocycles. The van der Waals surface area contributed by atoms with Crippen LogP contribution in [-0.4, -0.2) is 38.8 Å². The number of hydrogen-bond acceptors (Lipinski definition) is 5. The van der Waals surface area contributed by atoms with Crippen molar-refractivity contribution < 1.29 is 14.7 Å². The number of aliphatic imine (C=N–C) groups is 1. The molecule has 0 aliphatic carbocycles. The average Bonchev–Trinajstić information content (AvgIpc) is 2.96. The molecule has 0 saturated carbocycles. The summed E-state index contributed by atoms with van der Waals surface area (Å²) in [7, 11) is 0. The van der Waals surface area contributed by atoms with Crippen molar-refractivity contribution in [2.45, 2.75) is 32.4 Å². The lowest BCUT2D eigenvalue weighted by atomic mass is 10.1. The minimum absolute atomic E-state index is 0.0312. The highest BCUT2D eigenvalue weighted by Crippen LogP contribution is 2.38. The van der Waals surface area contributed by atoms with E-state index in [4.69, 9.17) is 23.2 Å². The van der Waals surface area contributed by atoms with Gasteiger partial charge in [0.1, 0.15) is 5.25 Å². The van der Waals surface area contributed by atoms with E-state index in [1.54, 1.807) is 0 Å². The van der Waals surface area contributed by atoms with Gasteiger partial charge in [-0.05, 0) is 44.5 Å². The zero-order valence-corrected chi connectivity index (χ0v) is 19.0. The van der Waals surface area contributed by atoms with Gasteiger partial charge in [0.25, 0.3) is 0 Å². The van der Waals surface area contributed by atoms with Gasteiger partial charge in [-0.25, -0.2) is 4.99 Å². The maximum atomic E-state index is 12.8. The van der Waals surface area contributed by atoms with Crippen molar-refractivity contribution in [3.05, 3.63) is 51.5 Å². The molecule has 1 saturated heterocycles. The maximum Gasteiger partial charge on any atom is 0.242 e. The number of benzene rings is 2. The molecule has 2 aromatic rings. The highest BCUT2D eigenvalue weighted by atomic mass is 35.5. The molecule has 2 amide bonds. The van der Waals surface area contributed by atoms with Gasteiger partial charge >= 0.3 is 0 Å². The van der Waals surface area contributed by atoms with Gasteiger partial charge in [0.05, 0.1) is 15.7 Å². The number of phenols is 1. The standard InChI is InChI=1S/C21H21Cl2N3O3S/c1-4-26-20(29)17(10-18(27)25-16-6-5-11(2)7-12(16)3)30-21(26)24-13-8-14(22)19(28)15(23)9-13/h5-9,17,28H,4,10H2,1-3H3,(H,25,27)/t17-/m1/s1. The summed E-state index contributed by atoms with van der Waals surface area (Å²) in [6.45, 7) is 6.17. The monoisotopic (exact) mass is 465 g/mol. The van der Waals surface area contributed by atoms with Gasteiger partial charge < -0.3 is 10.4 Å². The maximum absolute atomic E-state index is 12.8. The van der Waals surface area contributed by atoms with Gasteiger partial charge in [0, 0.05) is 18.7 Å². The molecule has 1 aliphatic heterocycles. The van der Waals surface area contributed by atoms with Crippen LogP contribution < -0.4 is 5.32 Å². The van der Waals surface area contributed by atoms with Crippen LogP contribution in [0.1, 0.15) is 24.5 Å². The Labute approximate surface area is 189 Å². The molecule has 0 radical (unpaired) electrons. The van der Waals surface area contributed by atoms with Crippen LogP contribution in [0.25, 0.3) is 0 Å². The SMILES string of the molecule is CCN1C(=O)[C@@H](CC(=O)Nc2ccc(C)cc2C)SC1=Nc1cc(Cl)c(O)c(Cl)c1. The fraction of sp³-hybridized carbons (Fsp3) is 0.286. The number of anilines is 1. The second-order valence-corrected chi connectivity index (χ2v) is 8.90. The van der Waals surface area contributed by atoms with Crippen molar-refractivity contribution in [3.8, 4) is 5.75 Å². The highest BCUT2D eigenvalue weighted by Gasteiger charge is 2.38. The number of nitrogens with zero attached hydrogens (tertiary/aromatic N) is 2. The van der Waals surface area contributed by atoms with E-state index < -0.39 is 5.25 Å². The topological polar surface area (TPSA) is 82.0 Å². The summed E-state index contributed by atoms with van der Waals surface area (Å²) in [4.78, 5) is 31.3. The largest absolute Gasteiger partial charge is 0.505 e. The molecule has 1 aliphatic rings. The lowest BCUT2D eigenvalue weighted by Gasteiger charge is -2.14. The van der Waals surface area contributed by atoms with Crippen LogP contribution in [0.5, 0.6) is 5.75 Å². The van der Waals surface area contributed by atoms with E-state index in [0.717, 1.165) is 16.8 Å². The third-order valence-corrected chi connectivity index (χ3v) is 6.34. The van der Waals surface area contributed by atoms with Crippen molar-refractivity contribution in [2.75, 3.05) is 11.9 Å². The number of carbonyl (C=O) groups is 2. The third-order valence-electron chi connectivity index (χ3n) is 4.59. The first-order valence-electron chi connectivity index (χ1n) is 9.31. The van der Waals surface area contributed by atoms with Crippen molar-refractivity contribution in [2.24, 2.45) is 4.99 Å². The number of amides is 2. The third kappa shape index (κ3) is 4.91. The first-order valence-corrected chi connectivity index (χ1v) is 10.9. The molecule has 158 valence electrons. The predicted octanol–water partition coefficient (Wildman–Crippen LogP) is 5.30. The minimum Gasteiger partial charge on any atom is -0.505 e. The molecular formula is C21H21Cl2N3O3S. The zero-order chi connectivity index (χ0) is 22.0. The average molecular weight is 466 g/mol. The summed E-state index contributed by atoms with van der Waals surface area (Å²) in [5.74, 6) is -0.625. The van der Waals surface area contributed by atoms with E-state index in [1.165, 1.54) is 28.8 Å². The van der Waals surface area contributed by atoms with Crippen LogP contribution in [-0.2, 0) is 9.59 Å². The summed E-state index contributed by atoms with van der Waals surface area (Å²) >= 11 is 13.1. The van der Waals surface area contributed by atoms with E-state index in [9.17, 15) is 14.7 Å². The molecule has 0 bridgehead atoms. The number of aromatic hydroxyl groups is 1. The Hall–Kier alpha value is -2.22. The molecule has 1 atom stereocenters.